The highest BCUT2D eigenvalue weighted by Gasteiger charge is 2.08. The van der Waals surface area contributed by atoms with Gasteiger partial charge in [-0.3, -0.25) is 0 Å². The van der Waals surface area contributed by atoms with E-state index in [0.29, 0.717) is 6.61 Å². The van der Waals surface area contributed by atoms with Gasteiger partial charge in [-0.05, 0) is 48.4 Å². The van der Waals surface area contributed by atoms with Gasteiger partial charge in [0.05, 0.1) is 13.7 Å². The Kier molecular flexibility index (Phi) is 5.91. The lowest BCUT2D eigenvalue weighted by molar-refractivity contribution is 0.336. The normalized spacial score (nSPS) is 10.8. The van der Waals surface area contributed by atoms with Gasteiger partial charge in [0.15, 0.2) is 0 Å². The molecule has 0 saturated heterocycles. The summed E-state index contributed by atoms with van der Waals surface area (Å²) in [6.45, 7) is 4.36. The zero-order valence-corrected chi connectivity index (χ0v) is 14.9. The average molecular weight is 335 g/mol. The van der Waals surface area contributed by atoms with Crippen LogP contribution < -0.4 is 14.8 Å². The highest BCUT2D eigenvalue weighted by Crippen LogP contribution is 2.28. The van der Waals surface area contributed by atoms with E-state index in [2.05, 4.69) is 53.8 Å². The second-order valence-corrected chi connectivity index (χ2v) is 5.94. The zero-order valence-electron chi connectivity index (χ0n) is 14.9. The molecule has 130 valence electrons. The Morgan fingerprint density at radius 3 is 2.52 bits per heavy atom. The van der Waals surface area contributed by atoms with Crippen LogP contribution in [0, 0.1) is 0 Å². The van der Waals surface area contributed by atoms with Gasteiger partial charge in [-0.2, -0.15) is 0 Å². The van der Waals surface area contributed by atoms with Crippen LogP contribution in [0.4, 0.5) is 0 Å². The minimum absolute atomic E-state index is 0.673. The van der Waals surface area contributed by atoms with Crippen LogP contribution in [0.15, 0.2) is 60.7 Å². The third-order valence-corrected chi connectivity index (χ3v) is 4.36. The minimum atomic E-state index is 0.673. The first-order valence-electron chi connectivity index (χ1n) is 8.79. The lowest BCUT2D eigenvalue weighted by Gasteiger charge is -2.14. The molecule has 0 aliphatic carbocycles. The van der Waals surface area contributed by atoms with E-state index in [1.165, 1.54) is 21.9 Å². The molecule has 3 aromatic rings. The molecule has 0 fully saturated rings. The van der Waals surface area contributed by atoms with Crippen molar-refractivity contribution in [1.82, 2.24) is 5.32 Å². The summed E-state index contributed by atoms with van der Waals surface area (Å²) in [7, 11) is 1.72. The number of benzene rings is 3. The number of nitrogens with one attached hydrogen (secondary N) is 1. The summed E-state index contributed by atoms with van der Waals surface area (Å²) in [6.07, 6.45) is 0.929. The lowest BCUT2D eigenvalue weighted by atomic mass is 10.0. The second kappa shape index (κ2) is 8.54. The van der Waals surface area contributed by atoms with Gasteiger partial charge in [0.1, 0.15) is 11.5 Å². The van der Waals surface area contributed by atoms with Gasteiger partial charge in [-0.1, -0.05) is 48.5 Å². The van der Waals surface area contributed by atoms with E-state index in [4.69, 9.17) is 9.47 Å². The first-order chi connectivity index (χ1) is 12.3. The largest absolute Gasteiger partial charge is 0.496 e. The van der Waals surface area contributed by atoms with Gasteiger partial charge in [0.2, 0.25) is 0 Å². The molecule has 3 aromatic carbocycles. The van der Waals surface area contributed by atoms with Gasteiger partial charge < -0.3 is 14.8 Å². The van der Waals surface area contributed by atoms with Gasteiger partial charge >= 0.3 is 0 Å². The van der Waals surface area contributed by atoms with Crippen LogP contribution in [-0.4, -0.2) is 20.3 Å². The van der Waals surface area contributed by atoms with Gasteiger partial charge in [0.25, 0.3) is 0 Å². The fourth-order valence-electron chi connectivity index (χ4n) is 3.13. The van der Waals surface area contributed by atoms with Crippen LogP contribution in [0.5, 0.6) is 11.5 Å². The fourth-order valence-corrected chi connectivity index (χ4v) is 3.13. The molecule has 0 saturated carbocycles. The van der Waals surface area contributed by atoms with Crippen molar-refractivity contribution >= 4 is 10.8 Å². The van der Waals surface area contributed by atoms with Crippen molar-refractivity contribution in [3.05, 3.63) is 71.8 Å². The number of hydrogen-bond acceptors (Lipinski definition) is 3. The van der Waals surface area contributed by atoms with E-state index >= 15 is 0 Å². The summed E-state index contributed by atoms with van der Waals surface area (Å²) in [6, 6.07) is 20.8. The fraction of sp³-hybridized carbons (Fsp3) is 0.273. The Morgan fingerprint density at radius 1 is 0.880 bits per heavy atom. The summed E-state index contributed by atoms with van der Waals surface area (Å²) in [5.41, 5.74) is 2.44. The molecule has 3 heteroatoms. The molecule has 1 N–H and O–H groups in total. The summed E-state index contributed by atoms with van der Waals surface area (Å²) in [5.74, 6) is 1.91. The smallest absolute Gasteiger partial charge is 0.124 e. The predicted octanol–water partition coefficient (Wildman–Crippen LogP) is 4.58. The maximum atomic E-state index is 5.84. The van der Waals surface area contributed by atoms with Crippen LogP contribution in [0.3, 0.4) is 0 Å². The Morgan fingerprint density at radius 2 is 1.68 bits per heavy atom. The molecule has 0 unspecified atom stereocenters. The third kappa shape index (κ3) is 4.12. The lowest BCUT2D eigenvalue weighted by Crippen LogP contribution is -2.18. The van der Waals surface area contributed by atoms with Crippen molar-refractivity contribution in [2.24, 2.45) is 0 Å². The molecular formula is C22H25NO2. The Balaban J connectivity index is 1.71. The SMILES string of the molecule is CCOc1ccc2ccccc2c1CNCCc1ccccc1OC. The molecule has 0 aliphatic heterocycles. The number of methoxy groups -OCH3 is 1. The van der Waals surface area contributed by atoms with E-state index in [1.807, 2.05) is 19.1 Å². The van der Waals surface area contributed by atoms with Crippen LogP contribution >= 0.6 is 0 Å². The molecule has 0 spiro atoms. The van der Waals surface area contributed by atoms with Crippen molar-refractivity contribution in [2.45, 2.75) is 19.9 Å². The molecule has 3 rings (SSSR count). The molecule has 0 amide bonds. The van der Waals surface area contributed by atoms with E-state index in [-0.39, 0.29) is 0 Å². The molecule has 3 nitrogen and oxygen atoms in total. The highest BCUT2D eigenvalue weighted by molar-refractivity contribution is 5.87. The van der Waals surface area contributed by atoms with E-state index in [0.717, 1.165) is 31.0 Å². The van der Waals surface area contributed by atoms with E-state index < -0.39 is 0 Å². The Hall–Kier alpha value is -2.52. The minimum Gasteiger partial charge on any atom is -0.496 e. The van der Waals surface area contributed by atoms with Crippen molar-refractivity contribution in [1.29, 1.82) is 0 Å². The summed E-state index contributed by atoms with van der Waals surface area (Å²) in [5, 5.41) is 6.05. The summed E-state index contributed by atoms with van der Waals surface area (Å²) in [4.78, 5) is 0. The zero-order chi connectivity index (χ0) is 17.5. The topological polar surface area (TPSA) is 30.5 Å². The first kappa shape index (κ1) is 17.3. The average Bonchev–Trinajstić information content (AvgIpc) is 2.66. The molecule has 0 aliphatic rings. The van der Waals surface area contributed by atoms with Crippen LogP contribution in [0.25, 0.3) is 10.8 Å². The molecule has 0 aromatic heterocycles. The van der Waals surface area contributed by atoms with E-state index in [1.54, 1.807) is 7.11 Å². The molecule has 0 radical (unpaired) electrons. The molecular weight excluding hydrogens is 310 g/mol. The first-order valence-corrected chi connectivity index (χ1v) is 8.79. The van der Waals surface area contributed by atoms with Gasteiger partial charge in [0, 0.05) is 12.1 Å². The molecule has 0 atom stereocenters. The highest BCUT2D eigenvalue weighted by atomic mass is 16.5. The number of para-hydroxylation sites is 1. The molecule has 0 bridgehead atoms. The molecule has 0 heterocycles. The van der Waals surface area contributed by atoms with Crippen molar-refractivity contribution in [2.75, 3.05) is 20.3 Å². The van der Waals surface area contributed by atoms with Crippen LogP contribution in [0.2, 0.25) is 0 Å². The summed E-state index contributed by atoms with van der Waals surface area (Å²) < 4.78 is 11.3. The monoisotopic (exact) mass is 335 g/mol. The van der Waals surface area contributed by atoms with Crippen LogP contribution in [0.1, 0.15) is 18.1 Å². The predicted molar refractivity (Wildman–Crippen MR) is 104 cm³/mol. The quantitative estimate of drug-likeness (QED) is 0.611. The van der Waals surface area contributed by atoms with E-state index in [9.17, 15) is 0 Å². The molecule has 25 heavy (non-hydrogen) atoms. The Bertz CT molecular complexity index is 829. The number of fused-ring (bicyclic) bond motifs is 1. The standard InChI is InChI=1S/C22H25NO2/c1-3-25-22-13-12-17-8-4-6-10-19(17)20(22)16-23-15-14-18-9-5-7-11-21(18)24-2/h4-13,23H,3,14-16H2,1-2H3. The summed E-state index contributed by atoms with van der Waals surface area (Å²) >= 11 is 0. The van der Waals surface area contributed by atoms with Gasteiger partial charge in [-0.15, -0.1) is 0 Å². The maximum absolute atomic E-state index is 5.84. The van der Waals surface area contributed by atoms with Crippen molar-refractivity contribution in [3.63, 3.8) is 0 Å². The number of ether oxygens (including phenoxy) is 2. The van der Waals surface area contributed by atoms with Crippen molar-refractivity contribution < 1.29 is 9.47 Å². The van der Waals surface area contributed by atoms with Crippen LogP contribution in [-0.2, 0) is 13.0 Å². The Labute approximate surface area is 149 Å². The third-order valence-electron chi connectivity index (χ3n) is 4.36. The number of hydrogen-bond donors (Lipinski definition) is 1. The second-order valence-electron chi connectivity index (χ2n) is 5.94. The number of rotatable bonds is 8. The maximum Gasteiger partial charge on any atom is 0.124 e. The van der Waals surface area contributed by atoms with Crippen molar-refractivity contribution in [3.8, 4) is 11.5 Å². The van der Waals surface area contributed by atoms with Gasteiger partial charge in [-0.25, -0.2) is 0 Å².